The molecular formula is C21H25N7O2. The van der Waals surface area contributed by atoms with Crippen LogP contribution >= 0.6 is 0 Å². The van der Waals surface area contributed by atoms with Crippen molar-refractivity contribution in [3.05, 3.63) is 54.4 Å². The van der Waals surface area contributed by atoms with Gasteiger partial charge in [-0.05, 0) is 24.5 Å². The third-order valence-electron chi connectivity index (χ3n) is 5.21. The summed E-state index contributed by atoms with van der Waals surface area (Å²) in [5.41, 5.74) is 8.52. The number of aryl methyl sites for hydroxylation is 1. The molecular weight excluding hydrogens is 382 g/mol. The van der Waals surface area contributed by atoms with E-state index in [-0.39, 0.29) is 18.7 Å². The van der Waals surface area contributed by atoms with Crippen molar-refractivity contribution in [3.8, 4) is 11.3 Å². The molecule has 0 unspecified atom stereocenters. The lowest BCUT2D eigenvalue weighted by molar-refractivity contribution is 0.0881. The second-order valence-electron chi connectivity index (χ2n) is 7.28. The summed E-state index contributed by atoms with van der Waals surface area (Å²) in [7, 11) is 1.79. The number of nitrogens with one attached hydrogen (secondary N) is 1. The Hall–Kier alpha value is -3.62. The summed E-state index contributed by atoms with van der Waals surface area (Å²) >= 11 is 0. The Balaban J connectivity index is 1.29. The van der Waals surface area contributed by atoms with Crippen LogP contribution in [0, 0.1) is 0 Å². The highest BCUT2D eigenvalue weighted by molar-refractivity contribution is 5.71. The molecule has 4 rings (SSSR count). The van der Waals surface area contributed by atoms with E-state index in [0.29, 0.717) is 24.9 Å². The van der Waals surface area contributed by atoms with Crippen LogP contribution in [0.3, 0.4) is 0 Å². The molecule has 9 nitrogen and oxygen atoms in total. The van der Waals surface area contributed by atoms with Gasteiger partial charge in [0.1, 0.15) is 12.4 Å². The molecule has 156 valence electrons. The van der Waals surface area contributed by atoms with E-state index in [4.69, 9.17) is 10.5 Å². The fourth-order valence-corrected chi connectivity index (χ4v) is 3.42. The Morgan fingerprint density at radius 3 is 2.70 bits per heavy atom. The number of hydrogen-bond acceptors (Lipinski definition) is 7. The number of carbonyl (C=O) groups excluding carboxylic acids is 1. The summed E-state index contributed by atoms with van der Waals surface area (Å²) in [6, 6.07) is 11.7. The number of nitrogen functional groups attached to an aromatic ring is 1. The van der Waals surface area contributed by atoms with Gasteiger partial charge in [-0.3, -0.25) is 4.68 Å². The van der Waals surface area contributed by atoms with Gasteiger partial charge in [0.15, 0.2) is 0 Å². The van der Waals surface area contributed by atoms with Crippen molar-refractivity contribution in [2.24, 2.45) is 7.05 Å². The molecule has 9 heteroatoms. The Kier molecular flexibility index (Phi) is 5.78. The highest BCUT2D eigenvalue weighted by Gasteiger charge is 2.24. The molecule has 1 amide bonds. The number of carbonyl (C=O) groups is 1. The summed E-state index contributed by atoms with van der Waals surface area (Å²) in [6.45, 7) is 1.54. The molecule has 1 aliphatic heterocycles. The molecule has 0 radical (unpaired) electrons. The van der Waals surface area contributed by atoms with Crippen LogP contribution < -0.4 is 11.1 Å². The first-order valence-corrected chi connectivity index (χ1v) is 9.93. The molecule has 3 N–H and O–H groups in total. The van der Waals surface area contributed by atoms with E-state index < -0.39 is 0 Å². The van der Waals surface area contributed by atoms with Crippen LogP contribution in [-0.2, 0) is 18.4 Å². The summed E-state index contributed by atoms with van der Waals surface area (Å²) in [5.74, 6) is 1.10. The highest BCUT2D eigenvalue weighted by atomic mass is 16.6. The number of amides is 1. The molecule has 0 spiro atoms. The second-order valence-corrected chi connectivity index (χ2v) is 7.28. The predicted octanol–water partition coefficient (Wildman–Crippen LogP) is 2.67. The summed E-state index contributed by atoms with van der Waals surface area (Å²) in [5, 5.41) is 7.52. The SMILES string of the molecule is Cn1ncc(-c2ccnc(NC3CCN(C(=O)OCc4ccccc4)CC3)n2)c1N. The highest BCUT2D eigenvalue weighted by Crippen LogP contribution is 2.24. The number of piperidine rings is 1. The number of aromatic nitrogens is 4. The molecule has 3 aromatic rings. The molecule has 1 fully saturated rings. The fraction of sp³-hybridized carbons (Fsp3) is 0.333. The van der Waals surface area contributed by atoms with Crippen molar-refractivity contribution in [1.82, 2.24) is 24.6 Å². The minimum Gasteiger partial charge on any atom is -0.445 e. The number of hydrogen-bond donors (Lipinski definition) is 2. The number of nitrogens with two attached hydrogens (primary N) is 1. The molecule has 1 saturated heterocycles. The van der Waals surface area contributed by atoms with Crippen molar-refractivity contribution < 1.29 is 9.53 Å². The molecule has 1 aromatic carbocycles. The smallest absolute Gasteiger partial charge is 0.410 e. The van der Waals surface area contributed by atoms with E-state index in [9.17, 15) is 4.79 Å². The van der Waals surface area contributed by atoms with Crippen LogP contribution in [0.5, 0.6) is 0 Å². The third-order valence-corrected chi connectivity index (χ3v) is 5.21. The maximum absolute atomic E-state index is 12.3. The summed E-state index contributed by atoms with van der Waals surface area (Å²) in [6.07, 6.45) is 4.71. The molecule has 0 saturated carbocycles. The third kappa shape index (κ3) is 4.51. The van der Waals surface area contributed by atoms with Crippen LogP contribution in [-0.4, -0.2) is 49.9 Å². The Morgan fingerprint density at radius 2 is 2.00 bits per heavy atom. The van der Waals surface area contributed by atoms with Gasteiger partial charge >= 0.3 is 6.09 Å². The molecule has 1 aliphatic rings. The van der Waals surface area contributed by atoms with Gasteiger partial charge < -0.3 is 20.7 Å². The number of benzene rings is 1. The lowest BCUT2D eigenvalue weighted by atomic mass is 10.1. The van der Waals surface area contributed by atoms with Gasteiger partial charge in [0, 0.05) is 32.4 Å². The zero-order valence-electron chi connectivity index (χ0n) is 16.9. The quantitative estimate of drug-likeness (QED) is 0.669. The van der Waals surface area contributed by atoms with E-state index in [0.717, 1.165) is 29.7 Å². The van der Waals surface area contributed by atoms with Crippen molar-refractivity contribution in [2.45, 2.75) is 25.5 Å². The number of anilines is 2. The maximum Gasteiger partial charge on any atom is 0.410 e. The van der Waals surface area contributed by atoms with E-state index in [1.54, 1.807) is 29.0 Å². The molecule has 0 atom stereocenters. The zero-order valence-corrected chi connectivity index (χ0v) is 16.9. The van der Waals surface area contributed by atoms with E-state index in [1.807, 2.05) is 36.4 Å². The number of ether oxygens (including phenoxy) is 1. The minimum absolute atomic E-state index is 0.185. The van der Waals surface area contributed by atoms with Gasteiger partial charge in [-0.25, -0.2) is 14.8 Å². The second kappa shape index (κ2) is 8.81. The van der Waals surface area contributed by atoms with Crippen molar-refractivity contribution in [1.29, 1.82) is 0 Å². The van der Waals surface area contributed by atoms with Crippen molar-refractivity contribution in [2.75, 3.05) is 24.1 Å². The van der Waals surface area contributed by atoms with Gasteiger partial charge in [-0.1, -0.05) is 30.3 Å². The first-order valence-electron chi connectivity index (χ1n) is 9.93. The molecule has 2 aromatic heterocycles. The number of likely N-dealkylation sites (tertiary alicyclic amines) is 1. The minimum atomic E-state index is -0.275. The summed E-state index contributed by atoms with van der Waals surface area (Å²) < 4.78 is 7.03. The van der Waals surface area contributed by atoms with E-state index in [1.165, 1.54) is 0 Å². The van der Waals surface area contributed by atoms with Gasteiger partial charge in [0.25, 0.3) is 0 Å². The lowest BCUT2D eigenvalue weighted by Crippen LogP contribution is -2.42. The predicted molar refractivity (Wildman–Crippen MR) is 113 cm³/mol. The molecule has 0 bridgehead atoms. The van der Waals surface area contributed by atoms with Gasteiger partial charge in [0.2, 0.25) is 5.95 Å². The zero-order chi connectivity index (χ0) is 20.9. The Bertz CT molecular complexity index is 998. The van der Waals surface area contributed by atoms with Crippen LogP contribution in [0.4, 0.5) is 16.6 Å². The maximum atomic E-state index is 12.3. The largest absolute Gasteiger partial charge is 0.445 e. The Morgan fingerprint density at radius 1 is 1.23 bits per heavy atom. The standard InChI is InChI=1S/C21H25N7O2/c1-27-19(22)17(13-24-27)18-7-10-23-20(26-18)25-16-8-11-28(12-9-16)21(29)30-14-15-5-3-2-4-6-15/h2-7,10,13,16H,8-9,11-12,14,22H2,1H3,(H,23,25,26). The van der Waals surface area contributed by atoms with Gasteiger partial charge in [0.05, 0.1) is 17.5 Å². The average Bonchev–Trinajstić information content (AvgIpc) is 3.12. The van der Waals surface area contributed by atoms with Crippen molar-refractivity contribution >= 4 is 17.9 Å². The fourth-order valence-electron chi connectivity index (χ4n) is 3.42. The van der Waals surface area contributed by atoms with E-state index >= 15 is 0 Å². The van der Waals surface area contributed by atoms with Crippen LogP contribution in [0.2, 0.25) is 0 Å². The topological polar surface area (TPSA) is 111 Å². The Labute approximate surface area is 174 Å². The van der Waals surface area contributed by atoms with Crippen LogP contribution in [0.15, 0.2) is 48.8 Å². The molecule has 30 heavy (non-hydrogen) atoms. The number of rotatable bonds is 5. The average molecular weight is 407 g/mol. The molecule has 0 aliphatic carbocycles. The first kappa shape index (κ1) is 19.7. The normalized spacial score (nSPS) is 14.5. The molecule has 3 heterocycles. The first-order chi connectivity index (χ1) is 14.6. The monoisotopic (exact) mass is 407 g/mol. The van der Waals surface area contributed by atoms with Crippen LogP contribution in [0.25, 0.3) is 11.3 Å². The number of nitrogens with zero attached hydrogens (tertiary/aromatic N) is 5. The van der Waals surface area contributed by atoms with Crippen LogP contribution in [0.1, 0.15) is 18.4 Å². The summed E-state index contributed by atoms with van der Waals surface area (Å²) in [4.78, 5) is 22.9. The van der Waals surface area contributed by atoms with Gasteiger partial charge in [-0.2, -0.15) is 5.10 Å². The van der Waals surface area contributed by atoms with E-state index in [2.05, 4.69) is 20.4 Å². The lowest BCUT2D eigenvalue weighted by Gasteiger charge is -2.31. The van der Waals surface area contributed by atoms with Gasteiger partial charge in [-0.15, -0.1) is 0 Å². The van der Waals surface area contributed by atoms with Crippen molar-refractivity contribution in [3.63, 3.8) is 0 Å².